The van der Waals surface area contributed by atoms with Gasteiger partial charge in [0.05, 0.1) is 11.1 Å². The summed E-state index contributed by atoms with van der Waals surface area (Å²) in [6, 6.07) is 6.73. The molecule has 0 saturated carbocycles. The molecular weight excluding hydrogens is 286 g/mol. The van der Waals surface area contributed by atoms with Crippen LogP contribution in [0.15, 0.2) is 38.5 Å². The van der Waals surface area contributed by atoms with Gasteiger partial charge in [-0.05, 0) is 31.9 Å². The van der Waals surface area contributed by atoms with E-state index < -0.39 is 11.6 Å². The van der Waals surface area contributed by atoms with Gasteiger partial charge in [0.1, 0.15) is 16.9 Å². The van der Waals surface area contributed by atoms with Crippen LogP contribution < -0.4 is 5.63 Å². The van der Waals surface area contributed by atoms with Crippen molar-refractivity contribution in [1.82, 2.24) is 0 Å². The van der Waals surface area contributed by atoms with Crippen molar-refractivity contribution in [3.8, 4) is 5.75 Å². The van der Waals surface area contributed by atoms with E-state index in [1.165, 1.54) is 0 Å². The summed E-state index contributed by atoms with van der Waals surface area (Å²) in [5.74, 6) is -0.979. The SMILES string of the molecule is CC(=NCCCCC(=O)O)c1c(O)c2ccccc2oc1=O. The van der Waals surface area contributed by atoms with Gasteiger partial charge in [0.2, 0.25) is 0 Å². The van der Waals surface area contributed by atoms with E-state index in [1.54, 1.807) is 31.2 Å². The third-order valence-corrected chi connectivity index (χ3v) is 3.30. The molecule has 0 aliphatic carbocycles. The van der Waals surface area contributed by atoms with Gasteiger partial charge in [0.25, 0.3) is 0 Å². The van der Waals surface area contributed by atoms with E-state index in [-0.39, 0.29) is 17.7 Å². The van der Waals surface area contributed by atoms with Crippen LogP contribution in [-0.4, -0.2) is 28.4 Å². The summed E-state index contributed by atoms with van der Waals surface area (Å²) in [4.78, 5) is 26.6. The molecule has 1 heterocycles. The highest BCUT2D eigenvalue weighted by Gasteiger charge is 2.15. The standard InChI is InChI=1S/C16H17NO5/c1-10(17-9-5-4-8-13(18)19)14-15(20)11-6-2-3-7-12(11)22-16(14)21/h2-3,6-7,20H,4-5,8-9H2,1H3,(H,18,19). The summed E-state index contributed by atoms with van der Waals surface area (Å²) in [7, 11) is 0. The predicted octanol–water partition coefficient (Wildman–Crippen LogP) is 2.56. The van der Waals surface area contributed by atoms with E-state index in [0.29, 0.717) is 36.1 Å². The number of hydrogen-bond donors (Lipinski definition) is 2. The number of unbranched alkanes of at least 4 members (excludes halogenated alkanes) is 1. The van der Waals surface area contributed by atoms with Crippen LogP contribution >= 0.6 is 0 Å². The lowest BCUT2D eigenvalue weighted by Gasteiger charge is -2.06. The molecule has 0 amide bonds. The molecule has 0 bridgehead atoms. The molecule has 0 radical (unpaired) electrons. The molecule has 1 aromatic heterocycles. The van der Waals surface area contributed by atoms with Gasteiger partial charge < -0.3 is 14.6 Å². The normalized spacial score (nSPS) is 11.8. The zero-order chi connectivity index (χ0) is 16.1. The van der Waals surface area contributed by atoms with E-state index in [2.05, 4.69) is 4.99 Å². The first-order valence-corrected chi connectivity index (χ1v) is 6.98. The number of carbonyl (C=O) groups is 1. The summed E-state index contributed by atoms with van der Waals surface area (Å²) in [5, 5.41) is 19.3. The summed E-state index contributed by atoms with van der Waals surface area (Å²) in [5.41, 5.74) is 0.121. The Labute approximate surface area is 126 Å². The zero-order valence-corrected chi connectivity index (χ0v) is 12.2. The van der Waals surface area contributed by atoms with Gasteiger partial charge in [0, 0.05) is 13.0 Å². The smallest absolute Gasteiger partial charge is 0.349 e. The van der Waals surface area contributed by atoms with Crippen molar-refractivity contribution in [2.24, 2.45) is 4.99 Å². The van der Waals surface area contributed by atoms with Crippen LogP contribution in [0.25, 0.3) is 11.0 Å². The van der Waals surface area contributed by atoms with Crippen LogP contribution in [0.1, 0.15) is 31.7 Å². The second-order valence-electron chi connectivity index (χ2n) is 4.93. The number of rotatable bonds is 6. The lowest BCUT2D eigenvalue weighted by atomic mass is 10.1. The van der Waals surface area contributed by atoms with E-state index in [1.807, 2.05) is 0 Å². The second kappa shape index (κ2) is 6.89. The summed E-state index contributed by atoms with van der Waals surface area (Å²) >= 11 is 0. The monoisotopic (exact) mass is 303 g/mol. The van der Waals surface area contributed by atoms with Crippen LogP contribution in [-0.2, 0) is 4.79 Å². The molecule has 2 aromatic rings. The minimum absolute atomic E-state index is 0.0527. The Hall–Kier alpha value is -2.63. The van der Waals surface area contributed by atoms with Crippen molar-refractivity contribution in [2.75, 3.05) is 6.54 Å². The van der Waals surface area contributed by atoms with Gasteiger partial charge in [-0.15, -0.1) is 0 Å². The van der Waals surface area contributed by atoms with Gasteiger partial charge in [0.15, 0.2) is 0 Å². The Bertz CT molecular complexity index is 776. The molecule has 2 N–H and O–H groups in total. The van der Waals surface area contributed by atoms with Crippen molar-refractivity contribution >= 4 is 22.7 Å². The van der Waals surface area contributed by atoms with Gasteiger partial charge in [-0.1, -0.05) is 12.1 Å². The first kappa shape index (κ1) is 15.8. The van der Waals surface area contributed by atoms with Gasteiger partial charge >= 0.3 is 11.6 Å². The molecular formula is C16H17NO5. The minimum atomic E-state index is -0.839. The molecule has 0 spiro atoms. The number of hydrogen-bond acceptors (Lipinski definition) is 5. The number of aromatic hydroxyl groups is 1. The molecule has 6 nitrogen and oxygen atoms in total. The third kappa shape index (κ3) is 3.52. The average molecular weight is 303 g/mol. The average Bonchev–Trinajstić information content (AvgIpc) is 2.46. The lowest BCUT2D eigenvalue weighted by Crippen LogP contribution is -2.13. The first-order chi connectivity index (χ1) is 10.5. The number of aliphatic imine (C=N–C) groups is 1. The molecule has 116 valence electrons. The van der Waals surface area contributed by atoms with Crippen molar-refractivity contribution in [2.45, 2.75) is 26.2 Å². The predicted molar refractivity (Wildman–Crippen MR) is 82.7 cm³/mol. The molecule has 0 aliphatic heterocycles. The van der Waals surface area contributed by atoms with Crippen LogP contribution in [0.2, 0.25) is 0 Å². The van der Waals surface area contributed by atoms with Crippen molar-refractivity contribution in [1.29, 1.82) is 0 Å². The first-order valence-electron chi connectivity index (χ1n) is 6.98. The molecule has 0 aliphatic rings. The lowest BCUT2D eigenvalue weighted by molar-refractivity contribution is -0.137. The highest BCUT2D eigenvalue weighted by Crippen LogP contribution is 2.26. The molecule has 0 fully saturated rings. The Balaban J connectivity index is 2.22. The van der Waals surface area contributed by atoms with Gasteiger partial charge in [-0.25, -0.2) is 4.79 Å². The molecule has 0 atom stereocenters. The largest absolute Gasteiger partial charge is 0.506 e. The van der Waals surface area contributed by atoms with Gasteiger partial charge in [-0.2, -0.15) is 0 Å². The van der Waals surface area contributed by atoms with Crippen molar-refractivity contribution in [3.05, 3.63) is 40.2 Å². The summed E-state index contributed by atoms with van der Waals surface area (Å²) in [6.45, 7) is 2.02. The van der Waals surface area contributed by atoms with Crippen molar-refractivity contribution in [3.63, 3.8) is 0 Å². The Morgan fingerprint density at radius 3 is 2.73 bits per heavy atom. The topological polar surface area (TPSA) is 100 Å². The fourth-order valence-electron chi connectivity index (χ4n) is 2.17. The quantitative estimate of drug-likeness (QED) is 0.485. The van der Waals surface area contributed by atoms with Crippen molar-refractivity contribution < 1.29 is 19.4 Å². The Morgan fingerprint density at radius 1 is 1.27 bits per heavy atom. The third-order valence-electron chi connectivity index (χ3n) is 3.30. The maximum atomic E-state index is 12.0. The fourth-order valence-corrected chi connectivity index (χ4v) is 2.17. The Morgan fingerprint density at radius 2 is 2.00 bits per heavy atom. The maximum Gasteiger partial charge on any atom is 0.349 e. The van der Waals surface area contributed by atoms with E-state index in [4.69, 9.17) is 9.52 Å². The van der Waals surface area contributed by atoms with E-state index in [0.717, 1.165) is 0 Å². The molecule has 6 heteroatoms. The molecule has 0 unspecified atom stereocenters. The Kier molecular flexibility index (Phi) is 4.93. The van der Waals surface area contributed by atoms with E-state index in [9.17, 15) is 14.7 Å². The molecule has 1 aromatic carbocycles. The summed E-state index contributed by atoms with van der Waals surface area (Å²) < 4.78 is 5.18. The minimum Gasteiger partial charge on any atom is -0.506 e. The molecule has 2 rings (SSSR count). The van der Waals surface area contributed by atoms with Gasteiger partial charge in [-0.3, -0.25) is 9.79 Å². The molecule has 22 heavy (non-hydrogen) atoms. The second-order valence-corrected chi connectivity index (χ2v) is 4.93. The number of carboxylic acid groups (broad SMARTS) is 1. The number of carboxylic acids is 1. The van der Waals surface area contributed by atoms with Crippen LogP contribution in [0.4, 0.5) is 0 Å². The number of nitrogens with zero attached hydrogens (tertiary/aromatic N) is 1. The van der Waals surface area contributed by atoms with E-state index >= 15 is 0 Å². The summed E-state index contributed by atoms with van der Waals surface area (Å²) in [6.07, 6.45) is 1.21. The molecule has 0 saturated heterocycles. The number of fused-ring (bicyclic) bond motifs is 1. The number of aliphatic carboxylic acids is 1. The zero-order valence-electron chi connectivity index (χ0n) is 12.2. The van der Waals surface area contributed by atoms with Crippen LogP contribution in [0, 0.1) is 0 Å². The van der Waals surface area contributed by atoms with Crippen LogP contribution in [0.3, 0.4) is 0 Å². The highest BCUT2D eigenvalue weighted by atomic mass is 16.4. The number of para-hydroxylation sites is 1. The highest BCUT2D eigenvalue weighted by molar-refractivity contribution is 6.04. The fraction of sp³-hybridized carbons (Fsp3) is 0.312. The van der Waals surface area contributed by atoms with Crippen LogP contribution in [0.5, 0.6) is 5.75 Å². The number of benzene rings is 1. The maximum absolute atomic E-state index is 12.0.